The molecule has 2 aromatic heterocycles. The molecule has 6 nitrogen and oxygen atoms in total. The van der Waals surface area contributed by atoms with Crippen LogP contribution < -0.4 is 4.72 Å². The Labute approximate surface area is 169 Å². The number of carbonyl (C=O) groups is 1. The van der Waals surface area contributed by atoms with E-state index in [4.69, 9.17) is 11.6 Å². The Hall–Kier alpha value is -2.64. The fourth-order valence-corrected chi connectivity index (χ4v) is 3.76. The molecule has 0 bridgehead atoms. The van der Waals surface area contributed by atoms with Crippen molar-refractivity contribution in [2.24, 2.45) is 7.05 Å². The van der Waals surface area contributed by atoms with E-state index in [0.717, 1.165) is 23.2 Å². The molecule has 0 aliphatic heterocycles. The molecule has 0 radical (unpaired) electrons. The number of pyridine rings is 1. The average Bonchev–Trinajstić information content (AvgIpc) is 2.89. The standard InChI is InChI=1S/C20H20ClN3O3S/c1-13-4-6-14(7-5-13)20(25)19-18(21)11-17(24(19)2)10-15-8-9-16(12-22-15)23-28(3,26)27/h4-9,11-12,23H,10H2,1-3H3. The van der Waals surface area contributed by atoms with Gasteiger partial charge in [-0.05, 0) is 25.1 Å². The van der Waals surface area contributed by atoms with Crippen LogP contribution in [0.3, 0.4) is 0 Å². The molecule has 1 N–H and O–H groups in total. The first-order valence-electron chi connectivity index (χ1n) is 8.52. The van der Waals surface area contributed by atoms with Gasteiger partial charge in [0.1, 0.15) is 5.69 Å². The van der Waals surface area contributed by atoms with Crippen molar-refractivity contribution in [3.63, 3.8) is 0 Å². The number of halogens is 1. The zero-order chi connectivity index (χ0) is 20.5. The third-order valence-electron chi connectivity index (χ3n) is 4.30. The van der Waals surface area contributed by atoms with Gasteiger partial charge in [0.2, 0.25) is 15.8 Å². The average molecular weight is 418 g/mol. The van der Waals surface area contributed by atoms with Gasteiger partial charge >= 0.3 is 0 Å². The first-order chi connectivity index (χ1) is 13.1. The van der Waals surface area contributed by atoms with Crippen LogP contribution >= 0.6 is 11.6 Å². The molecule has 3 rings (SSSR count). The van der Waals surface area contributed by atoms with E-state index in [0.29, 0.717) is 28.4 Å². The third-order valence-corrected chi connectivity index (χ3v) is 5.20. The second-order valence-corrected chi connectivity index (χ2v) is 8.83. The first-order valence-corrected chi connectivity index (χ1v) is 10.8. The maximum atomic E-state index is 12.9. The normalized spacial score (nSPS) is 11.4. The van der Waals surface area contributed by atoms with Crippen LogP contribution in [0.15, 0.2) is 48.7 Å². The summed E-state index contributed by atoms with van der Waals surface area (Å²) in [6.45, 7) is 1.96. The fraction of sp³-hybridized carbons (Fsp3) is 0.200. The van der Waals surface area contributed by atoms with Gasteiger partial charge in [0, 0.05) is 30.4 Å². The predicted octanol–water partition coefficient (Wildman–Crippen LogP) is 3.58. The molecule has 0 saturated heterocycles. The lowest BCUT2D eigenvalue weighted by Crippen LogP contribution is -2.11. The number of anilines is 1. The minimum Gasteiger partial charge on any atom is -0.343 e. The molecule has 146 valence electrons. The van der Waals surface area contributed by atoms with Crippen molar-refractivity contribution in [2.45, 2.75) is 13.3 Å². The van der Waals surface area contributed by atoms with E-state index in [2.05, 4.69) is 9.71 Å². The Morgan fingerprint density at radius 3 is 2.43 bits per heavy atom. The van der Waals surface area contributed by atoms with E-state index < -0.39 is 10.0 Å². The highest BCUT2D eigenvalue weighted by Gasteiger charge is 2.20. The summed E-state index contributed by atoms with van der Waals surface area (Å²) in [6, 6.07) is 12.5. The Kier molecular flexibility index (Phi) is 5.58. The monoisotopic (exact) mass is 417 g/mol. The van der Waals surface area contributed by atoms with Gasteiger partial charge in [0.15, 0.2) is 0 Å². The second kappa shape index (κ2) is 7.77. The van der Waals surface area contributed by atoms with Crippen LogP contribution in [0.1, 0.15) is 33.0 Å². The van der Waals surface area contributed by atoms with Crippen LogP contribution in [0.2, 0.25) is 5.02 Å². The number of aromatic nitrogens is 2. The van der Waals surface area contributed by atoms with Crippen molar-refractivity contribution in [3.05, 3.63) is 81.9 Å². The lowest BCUT2D eigenvalue weighted by atomic mass is 10.1. The van der Waals surface area contributed by atoms with Crippen molar-refractivity contribution < 1.29 is 13.2 Å². The maximum Gasteiger partial charge on any atom is 0.229 e. The van der Waals surface area contributed by atoms with E-state index in [-0.39, 0.29) is 5.78 Å². The minimum absolute atomic E-state index is 0.139. The molecular formula is C20H20ClN3O3S. The molecule has 0 aliphatic carbocycles. The number of aryl methyl sites for hydroxylation is 1. The number of carbonyl (C=O) groups excluding carboxylic acids is 1. The highest BCUT2D eigenvalue weighted by molar-refractivity contribution is 7.92. The number of rotatable bonds is 6. The van der Waals surface area contributed by atoms with Crippen molar-refractivity contribution >= 4 is 33.1 Å². The van der Waals surface area contributed by atoms with Crippen LogP contribution in [0, 0.1) is 6.92 Å². The first kappa shape index (κ1) is 20.1. The summed E-state index contributed by atoms with van der Waals surface area (Å²) in [5, 5.41) is 0.387. The van der Waals surface area contributed by atoms with Crippen LogP contribution in [0.5, 0.6) is 0 Å². The highest BCUT2D eigenvalue weighted by atomic mass is 35.5. The number of nitrogens with one attached hydrogen (secondary N) is 1. The molecule has 0 amide bonds. The number of sulfonamides is 1. The van der Waals surface area contributed by atoms with Crippen molar-refractivity contribution in [2.75, 3.05) is 11.0 Å². The number of hydrogen-bond acceptors (Lipinski definition) is 4. The molecule has 0 unspecified atom stereocenters. The van der Waals surface area contributed by atoms with Gasteiger partial charge in [-0.25, -0.2) is 8.42 Å². The Morgan fingerprint density at radius 2 is 1.86 bits per heavy atom. The number of hydrogen-bond donors (Lipinski definition) is 1. The van der Waals surface area contributed by atoms with Gasteiger partial charge < -0.3 is 4.57 Å². The van der Waals surface area contributed by atoms with Gasteiger partial charge in [0.05, 0.1) is 23.2 Å². The predicted molar refractivity (Wildman–Crippen MR) is 111 cm³/mol. The summed E-state index contributed by atoms with van der Waals surface area (Å²) in [6.07, 6.45) is 3.00. The Morgan fingerprint density at radius 1 is 1.18 bits per heavy atom. The molecule has 1 aromatic carbocycles. The Bertz CT molecular complexity index is 1120. The van der Waals surface area contributed by atoms with Crippen molar-refractivity contribution in [1.82, 2.24) is 9.55 Å². The minimum atomic E-state index is -3.35. The van der Waals surface area contributed by atoms with E-state index in [1.165, 1.54) is 6.20 Å². The van der Waals surface area contributed by atoms with Gasteiger partial charge in [0.25, 0.3) is 0 Å². The largest absolute Gasteiger partial charge is 0.343 e. The summed E-state index contributed by atoms with van der Waals surface area (Å²) in [5.41, 5.74) is 4.04. The number of nitrogens with zero attached hydrogens (tertiary/aromatic N) is 2. The molecule has 8 heteroatoms. The van der Waals surface area contributed by atoms with Gasteiger partial charge in [-0.2, -0.15) is 0 Å². The van der Waals surface area contributed by atoms with Gasteiger partial charge in [-0.3, -0.25) is 14.5 Å². The highest BCUT2D eigenvalue weighted by Crippen LogP contribution is 2.25. The summed E-state index contributed by atoms with van der Waals surface area (Å²) >= 11 is 6.35. The van der Waals surface area contributed by atoms with Gasteiger partial charge in [-0.15, -0.1) is 0 Å². The van der Waals surface area contributed by atoms with E-state index in [9.17, 15) is 13.2 Å². The number of benzene rings is 1. The lowest BCUT2D eigenvalue weighted by molar-refractivity contribution is 0.103. The van der Waals surface area contributed by atoms with E-state index in [1.807, 2.05) is 19.1 Å². The molecule has 3 aromatic rings. The number of ketones is 1. The molecule has 28 heavy (non-hydrogen) atoms. The third kappa shape index (κ3) is 4.61. The second-order valence-electron chi connectivity index (χ2n) is 6.68. The van der Waals surface area contributed by atoms with Crippen molar-refractivity contribution in [3.8, 4) is 0 Å². The zero-order valence-electron chi connectivity index (χ0n) is 15.7. The quantitative estimate of drug-likeness (QED) is 0.621. The maximum absolute atomic E-state index is 12.9. The van der Waals surface area contributed by atoms with Crippen LogP contribution in [-0.4, -0.2) is 30.0 Å². The molecule has 0 spiro atoms. The molecule has 0 fully saturated rings. The topological polar surface area (TPSA) is 81.1 Å². The molecule has 2 heterocycles. The summed E-state index contributed by atoms with van der Waals surface area (Å²) < 4.78 is 26.7. The van der Waals surface area contributed by atoms with Crippen LogP contribution in [0.4, 0.5) is 5.69 Å². The zero-order valence-corrected chi connectivity index (χ0v) is 17.3. The Balaban J connectivity index is 1.84. The van der Waals surface area contributed by atoms with E-state index in [1.54, 1.807) is 41.9 Å². The SMILES string of the molecule is Cc1ccc(C(=O)c2c(Cl)cc(Cc3ccc(NS(C)(=O)=O)cn3)n2C)cc1. The molecule has 0 saturated carbocycles. The molecule has 0 aliphatic rings. The van der Waals surface area contributed by atoms with Crippen LogP contribution in [0.25, 0.3) is 0 Å². The summed E-state index contributed by atoms with van der Waals surface area (Å²) in [4.78, 5) is 17.1. The summed E-state index contributed by atoms with van der Waals surface area (Å²) in [5.74, 6) is -0.139. The van der Waals surface area contributed by atoms with Crippen LogP contribution in [-0.2, 0) is 23.5 Å². The molecular weight excluding hydrogens is 398 g/mol. The summed E-state index contributed by atoms with van der Waals surface area (Å²) in [7, 11) is -1.55. The lowest BCUT2D eigenvalue weighted by Gasteiger charge is -2.08. The molecule has 0 atom stereocenters. The van der Waals surface area contributed by atoms with Gasteiger partial charge in [-0.1, -0.05) is 41.4 Å². The van der Waals surface area contributed by atoms with E-state index >= 15 is 0 Å². The fourth-order valence-electron chi connectivity index (χ4n) is 2.88. The smallest absolute Gasteiger partial charge is 0.229 e. The van der Waals surface area contributed by atoms with Crippen molar-refractivity contribution in [1.29, 1.82) is 0 Å².